The number of allylic oxidation sites excluding steroid dienone is 1. The lowest BCUT2D eigenvalue weighted by molar-refractivity contribution is 0.586. The van der Waals surface area contributed by atoms with Gasteiger partial charge >= 0.3 is 0 Å². The molecule has 0 bridgehead atoms. The highest BCUT2D eigenvalue weighted by molar-refractivity contribution is 6.36. The number of hydrogen-bond acceptors (Lipinski definition) is 4. The molecular formula is C17H13Cl2N5. The Kier molecular flexibility index (Phi) is 3.75. The molecule has 1 aromatic heterocycles. The van der Waals surface area contributed by atoms with Crippen molar-refractivity contribution in [1.29, 1.82) is 0 Å². The van der Waals surface area contributed by atoms with Gasteiger partial charge in [-0.05, 0) is 41.1 Å². The lowest BCUT2D eigenvalue weighted by Crippen LogP contribution is -2.20. The topological polar surface area (TPSA) is 55.6 Å². The summed E-state index contributed by atoms with van der Waals surface area (Å²) in [6.45, 7) is 2.05. The maximum Gasteiger partial charge on any atom is 0.248 e. The number of nitrogens with zero attached hydrogens (tertiary/aromatic N) is 4. The van der Waals surface area contributed by atoms with Crippen molar-refractivity contribution >= 4 is 34.8 Å². The first-order chi connectivity index (χ1) is 11.6. The van der Waals surface area contributed by atoms with Crippen molar-refractivity contribution in [2.24, 2.45) is 0 Å². The number of anilines is 1. The van der Waals surface area contributed by atoms with E-state index in [-0.39, 0.29) is 6.04 Å². The largest absolute Gasteiger partial charge is 0.323 e. The monoisotopic (exact) mass is 357 g/mol. The Morgan fingerprint density at radius 1 is 1.04 bits per heavy atom. The molecule has 3 aromatic rings. The van der Waals surface area contributed by atoms with Crippen LogP contribution in [0.1, 0.15) is 22.7 Å². The number of aromatic nitrogens is 4. The zero-order valence-electron chi connectivity index (χ0n) is 12.7. The predicted octanol–water partition coefficient (Wildman–Crippen LogP) is 4.34. The van der Waals surface area contributed by atoms with Crippen LogP contribution >= 0.6 is 23.2 Å². The van der Waals surface area contributed by atoms with E-state index in [1.165, 1.54) is 5.56 Å². The summed E-state index contributed by atoms with van der Waals surface area (Å²) in [4.78, 5) is 0. The molecule has 0 spiro atoms. The fourth-order valence-corrected chi connectivity index (χ4v) is 3.38. The van der Waals surface area contributed by atoms with E-state index in [4.69, 9.17) is 23.2 Å². The Morgan fingerprint density at radius 2 is 1.75 bits per heavy atom. The van der Waals surface area contributed by atoms with Crippen LogP contribution in [0.15, 0.2) is 48.5 Å². The Bertz CT molecular complexity index is 910. The van der Waals surface area contributed by atoms with Crippen LogP contribution in [0.3, 0.4) is 0 Å². The zero-order valence-corrected chi connectivity index (χ0v) is 14.3. The summed E-state index contributed by atoms with van der Waals surface area (Å²) in [7, 11) is 0. The van der Waals surface area contributed by atoms with E-state index in [1.807, 2.05) is 24.3 Å². The van der Waals surface area contributed by atoms with Gasteiger partial charge in [0.05, 0.1) is 0 Å². The molecule has 0 saturated carbocycles. The molecule has 0 unspecified atom stereocenters. The standard InChI is InChI=1S/C17H13Cl2N5/c1-10-5-7-11(8-6-10)14-9-15(24-17(20-14)21-22-23-24)16-12(18)3-2-4-13(16)19/h2-9,15H,1H3,(H,20,21,23)/t15-/m0/s1. The Balaban J connectivity index is 1.87. The third-order valence-corrected chi connectivity index (χ3v) is 4.64. The van der Waals surface area contributed by atoms with Crippen molar-refractivity contribution in [2.75, 3.05) is 5.32 Å². The number of aryl methyl sites for hydroxylation is 1. The molecule has 24 heavy (non-hydrogen) atoms. The predicted molar refractivity (Wildman–Crippen MR) is 95.2 cm³/mol. The minimum Gasteiger partial charge on any atom is -0.323 e. The number of fused-ring (bicyclic) bond motifs is 1. The Labute approximate surface area is 148 Å². The van der Waals surface area contributed by atoms with Crippen molar-refractivity contribution in [2.45, 2.75) is 13.0 Å². The first-order valence-electron chi connectivity index (χ1n) is 7.41. The Morgan fingerprint density at radius 3 is 2.46 bits per heavy atom. The summed E-state index contributed by atoms with van der Waals surface area (Å²) >= 11 is 12.8. The normalized spacial score (nSPS) is 16.3. The van der Waals surface area contributed by atoms with Crippen LogP contribution < -0.4 is 5.32 Å². The van der Waals surface area contributed by atoms with E-state index in [2.05, 4.69) is 52.0 Å². The highest BCUT2D eigenvalue weighted by Crippen LogP contribution is 2.38. The van der Waals surface area contributed by atoms with Gasteiger partial charge < -0.3 is 5.32 Å². The van der Waals surface area contributed by atoms with Crippen LogP contribution in [-0.2, 0) is 0 Å². The molecule has 1 N–H and O–H groups in total. The van der Waals surface area contributed by atoms with Crippen LogP contribution in [0.25, 0.3) is 5.70 Å². The van der Waals surface area contributed by atoms with Gasteiger partial charge in [0.1, 0.15) is 6.04 Å². The van der Waals surface area contributed by atoms with Gasteiger partial charge in [0.2, 0.25) is 5.95 Å². The van der Waals surface area contributed by atoms with E-state index in [0.717, 1.165) is 16.8 Å². The van der Waals surface area contributed by atoms with Gasteiger partial charge in [-0.25, -0.2) is 0 Å². The van der Waals surface area contributed by atoms with Gasteiger partial charge in [0, 0.05) is 21.3 Å². The number of tetrazole rings is 1. The highest BCUT2D eigenvalue weighted by Gasteiger charge is 2.27. The summed E-state index contributed by atoms with van der Waals surface area (Å²) in [5, 5.41) is 16.3. The molecule has 1 aliphatic rings. The zero-order chi connectivity index (χ0) is 16.7. The third-order valence-electron chi connectivity index (χ3n) is 3.99. The van der Waals surface area contributed by atoms with Gasteiger partial charge in [0.15, 0.2) is 0 Å². The van der Waals surface area contributed by atoms with Gasteiger partial charge in [0.25, 0.3) is 0 Å². The summed E-state index contributed by atoms with van der Waals surface area (Å²) in [6.07, 6.45) is 2.03. The molecule has 0 amide bonds. The third kappa shape index (κ3) is 2.56. The molecule has 1 atom stereocenters. The molecular weight excluding hydrogens is 345 g/mol. The summed E-state index contributed by atoms with van der Waals surface area (Å²) in [5.41, 5.74) is 3.94. The molecule has 7 heteroatoms. The van der Waals surface area contributed by atoms with Crippen LogP contribution in [0.4, 0.5) is 5.95 Å². The van der Waals surface area contributed by atoms with E-state index in [1.54, 1.807) is 4.68 Å². The van der Waals surface area contributed by atoms with Crippen molar-refractivity contribution in [1.82, 2.24) is 20.2 Å². The SMILES string of the molecule is Cc1ccc(C2=C[C@@H](c3c(Cl)cccc3Cl)n3nnnc3N2)cc1. The smallest absolute Gasteiger partial charge is 0.248 e. The second-order valence-corrected chi connectivity index (χ2v) is 6.41. The summed E-state index contributed by atoms with van der Waals surface area (Å²) in [6, 6.07) is 13.4. The van der Waals surface area contributed by atoms with Crippen LogP contribution in [0.2, 0.25) is 10.0 Å². The van der Waals surface area contributed by atoms with Crippen molar-refractivity contribution < 1.29 is 0 Å². The molecule has 0 saturated heterocycles. The second-order valence-electron chi connectivity index (χ2n) is 5.60. The number of hydrogen-bond donors (Lipinski definition) is 1. The molecule has 2 heterocycles. The quantitative estimate of drug-likeness (QED) is 0.740. The van der Waals surface area contributed by atoms with Crippen LogP contribution in [0.5, 0.6) is 0 Å². The van der Waals surface area contributed by atoms with Gasteiger partial charge in [-0.15, -0.1) is 0 Å². The maximum atomic E-state index is 6.39. The number of nitrogens with one attached hydrogen (secondary N) is 1. The molecule has 4 rings (SSSR count). The maximum absolute atomic E-state index is 6.39. The fraction of sp³-hybridized carbons (Fsp3) is 0.118. The number of rotatable bonds is 2. The van der Waals surface area contributed by atoms with E-state index >= 15 is 0 Å². The fourth-order valence-electron chi connectivity index (χ4n) is 2.75. The highest BCUT2D eigenvalue weighted by atomic mass is 35.5. The number of halogens is 2. The molecule has 2 aromatic carbocycles. The second kappa shape index (κ2) is 5.92. The Hall–Kier alpha value is -2.37. The van der Waals surface area contributed by atoms with Gasteiger partial charge in [-0.2, -0.15) is 4.68 Å². The molecule has 0 aliphatic carbocycles. The minimum absolute atomic E-state index is 0.284. The van der Waals surface area contributed by atoms with Crippen molar-refractivity contribution in [3.63, 3.8) is 0 Å². The summed E-state index contributed by atoms with van der Waals surface area (Å²) in [5.74, 6) is 0.550. The van der Waals surface area contributed by atoms with E-state index < -0.39 is 0 Å². The average molecular weight is 358 g/mol. The minimum atomic E-state index is -0.284. The molecule has 0 fully saturated rings. The average Bonchev–Trinajstić information content (AvgIpc) is 3.04. The lowest BCUT2D eigenvalue weighted by Gasteiger charge is -2.24. The van der Waals surface area contributed by atoms with E-state index in [0.29, 0.717) is 16.0 Å². The van der Waals surface area contributed by atoms with Crippen LogP contribution in [0, 0.1) is 6.92 Å². The van der Waals surface area contributed by atoms with Crippen LogP contribution in [-0.4, -0.2) is 20.2 Å². The first-order valence-corrected chi connectivity index (χ1v) is 8.17. The molecule has 120 valence electrons. The number of benzene rings is 2. The van der Waals surface area contributed by atoms with E-state index in [9.17, 15) is 0 Å². The van der Waals surface area contributed by atoms with Gasteiger partial charge in [-0.1, -0.05) is 64.2 Å². The van der Waals surface area contributed by atoms with Gasteiger partial charge in [-0.3, -0.25) is 0 Å². The van der Waals surface area contributed by atoms with Crippen molar-refractivity contribution in [3.05, 3.63) is 75.3 Å². The molecule has 0 radical (unpaired) electrons. The summed E-state index contributed by atoms with van der Waals surface area (Å²) < 4.78 is 1.67. The molecule has 5 nitrogen and oxygen atoms in total. The first kappa shape index (κ1) is 15.2. The van der Waals surface area contributed by atoms with Crippen molar-refractivity contribution in [3.8, 4) is 0 Å². The lowest BCUT2D eigenvalue weighted by atomic mass is 10.0. The molecule has 1 aliphatic heterocycles.